The Bertz CT molecular complexity index is 472. The van der Waals surface area contributed by atoms with Gasteiger partial charge in [-0.1, -0.05) is 38.8 Å². The Balaban J connectivity index is 1.69. The Kier molecular flexibility index (Phi) is 4.54. The van der Waals surface area contributed by atoms with Crippen LogP contribution in [-0.4, -0.2) is 18.7 Å². The fraction of sp³-hybridized carbons (Fsp3) is 0.684. The molecular formula is C19H29NO. The molecule has 1 N–H and O–H groups in total. The second-order valence-electron chi connectivity index (χ2n) is 7.09. The van der Waals surface area contributed by atoms with Crippen LogP contribution in [0.2, 0.25) is 0 Å². The summed E-state index contributed by atoms with van der Waals surface area (Å²) in [7, 11) is 0. The summed E-state index contributed by atoms with van der Waals surface area (Å²) in [4.78, 5) is 0. The SMILES string of the molecule is CC(C)C1(CCc2ccc3c(c2)CCO3)CCCCCN1. The molecule has 0 aliphatic carbocycles. The first-order valence-electron chi connectivity index (χ1n) is 8.69. The van der Waals surface area contributed by atoms with E-state index in [2.05, 4.69) is 37.4 Å². The van der Waals surface area contributed by atoms with Crippen LogP contribution in [0, 0.1) is 5.92 Å². The molecule has 0 amide bonds. The number of nitrogens with one attached hydrogen (secondary N) is 1. The maximum absolute atomic E-state index is 5.61. The van der Waals surface area contributed by atoms with Gasteiger partial charge in [-0.3, -0.25) is 0 Å². The van der Waals surface area contributed by atoms with E-state index in [0.717, 1.165) is 18.8 Å². The molecule has 1 atom stereocenters. The van der Waals surface area contributed by atoms with Crippen molar-refractivity contribution in [3.05, 3.63) is 29.3 Å². The van der Waals surface area contributed by atoms with Crippen molar-refractivity contribution in [3.63, 3.8) is 0 Å². The lowest BCUT2D eigenvalue weighted by Gasteiger charge is -2.38. The van der Waals surface area contributed by atoms with Gasteiger partial charge in [0.05, 0.1) is 6.61 Å². The van der Waals surface area contributed by atoms with E-state index in [1.807, 2.05) is 0 Å². The van der Waals surface area contributed by atoms with E-state index >= 15 is 0 Å². The highest BCUT2D eigenvalue weighted by atomic mass is 16.5. The molecule has 0 bridgehead atoms. The van der Waals surface area contributed by atoms with Crippen LogP contribution in [0.25, 0.3) is 0 Å². The molecule has 1 unspecified atom stereocenters. The summed E-state index contributed by atoms with van der Waals surface area (Å²) in [6.45, 7) is 6.82. The number of rotatable bonds is 4. The molecule has 0 spiro atoms. The average Bonchev–Trinajstić information content (AvgIpc) is 2.81. The zero-order valence-electron chi connectivity index (χ0n) is 13.6. The lowest BCUT2D eigenvalue weighted by Crippen LogP contribution is -2.49. The molecule has 2 aliphatic rings. The zero-order valence-corrected chi connectivity index (χ0v) is 13.6. The van der Waals surface area contributed by atoms with E-state index in [9.17, 15) is 0 Å². The van der Waals surface area contributed by atoms with Crippen molar-refractivity contribution >= 4 is 0 Å². The molecule has 116 valence electrons. The topological polar surface area (TPSA) is 21.3 Å². The summed E-state index contributed by atoms with van der Waals surface area (Å²) in [6, 6.07) is 6.79. The van der Waals surface area contributed by atoms with Crippen molar-refractivity contribution in [1.82, 2.24) is 5.32 Å². The normalized spacial score (nSPS) is 25.5. The monoisotopic (exact) mass is 287 g/mol. The standard InChI is InChI=1S/C19H29NO/c1-15(2)19(10-4-3-5-12-20-19)11-8-16-6-7-18-17(14-16)9-13-21-18/h6-7,14-15,20H,3-5,8-13H2,1-2H3. The second-order valence-corrected chi connectivity index (χ2v) is 7.09. The van der Waals surface area contributed by atoms with Crippen LogP contribution < -0.4 is 10.1 Å². The summed E-state index contributed by atoms with van der Waals surface area (Å²) in [5.41, 5.74) is 3.22. The number of hydrogen-bond acceptors (Lipinski definition) is 2. The largest absolute Gasteiger partial charge is 0.493 e. The molecular weight excluding hydrogens is 258 g/mol. The minimum atomic E-state index is 0.339. The van der Waals surface area contributed by atoms with Crippen LogP contribution in [0.15, 0.2) is 18.2 Å². The van der Waals surface area contributed by atoms with Crippen molar-refractivity contribution in [2.75, 3.05) is 13.2 Å². The van der Waals surface area contributed by atoms with Gasteiger partial charge in [0.15, 0.2) is 0 Å². The van der Waals surface area contributed by atoms with Gasteiger partial charge in [-0.2, -0.15) is 0 Å². The van der Waals surface area contributed by atoms with Crippen molar-refractivity contribution in [2.24, 2.45) is 5.92 Å². The lowest BCUT2D eigenvalue weighted by molar-refractivity contribution is 0.211. The molecule has 1 aromatic rings. The molecule has 1 fully saturated rings. The molecule has 2 nitrogen and oxygen atoms in total. The van der Waals surface area contributed by atoms with Crippen LogP contribution in [0.3, 0.4) is 0 Å². The Labute approximate surface area is 129 Å². The van der Waals surface area contributed by atoms with E-state index in [-0.39, 0.29) is 0 Å². The smallest absolute Gasteiger partial charge is 0.122 e. The first-order valence-corrected chi connectivity index (χ1v) is 8.69. The predicted molar refractivity (Wildman–Crippen MR) is 88.0 cm³/mol. The number of aryl methyl sites for hydroxylation is 1. The number of hydrogen-bond donors (Lipinski definition) is 1. The molecule has 1 aromatic carbocycles. The zero-order chi connectivity index (χ0) is 14.7. The van der Waals surface area contributed by atoms with Crippen molar-refractivity contribution < 1.29 is 4.74 Å². The van der Waals surface area contributed by atoms with Crippen molar-refractivity contribution in [1.29, 1.82) is 0 Å². The van der Waals surface area contributed by atoms with Gasteiger partial charge in [0.1, 0.15) is 5.75 Å². The Hall–Kier alpha value is -1.02. The van der Waals surface area contributed by atoms with Gasteiger partial charge in [0.25, 0.3) is 0 Å². The fourth-order valence-corrected chi connectivity index (χ4v) is 3.93. The summed E-state index contributed by atoms with van der Waals surface area (Å²) in [5, 5.41) is 3.89. The van der Waals surface area contributed by atoms with E-state index in [4.69, 9.17) is 4.74 Å². The number of ether oxygens (including phenoxy) is 1. The summed E-state index contributed by atoms with van der Waals surface area (Å²) >= 11 is 0. The molecule has 0 aromatic heterocycles. The van der Waals surface area contributed by atoms with E-state index in [0.29, 0.717) is 11.5 Å². The predicted octanol–water partition coefficient (Wildman–Crippen LogP) is 4.11. The molecule has 3 rings (SSSR count). The second kappa shape index (κ2) is 6.39. The van der Waals surface area contributed by atoms with Crippen molar-refractivity contribution in [2.45, 2.75) is 64.3 Å². The molecule has 0 radical (unpaired) electrons. The maximum Gasteiger partial charge on any atom is 0.122 e. The average molecular weight is 287 g/mol. The molecule has 2 aliphatic heterocycles. The minimum Gasteiger partial charge on any atom is -0.493 e. The third kappa shape index (κ3) is 3.26. The molecule has 2 heterocycles. The maximum atomic E-state index is 5.61. The van der Waals surface area contributed by atoms with Gasteiger partial charge in [0.2, 0.25) is 0 Å². The van der Waals surface area contributed by atoms with Crippen molar-refractivity contribution in [3.8, 4) is 5.75 Å². The minimum absolute atomic E-state index is 0.339. The highest BCUT2D eigenvalue weighted by Crippen LogP contribution is 2.32. The summed E-state index contributed by atoms with van der Waals surface area (Å²) in [6.07, 6.45) is 8.95. The number of fused-ring (bicyclic) bond motifs is 1. The van der Waals surface area contributed by atoms with Gasteiger partial charge in [-0.25, -0.2) is 0 Å². The summed E-state index contributed by atoms with van der Waals surface area (Å²) in [5.74, 6) is 1.80. The van der Waals surface area contributed by atoms with Crippen LogP contribution in [0.5, 0.6) is 5.75 Å². The third-order valence-corrected chi connectivity index (χ3v) is 5.50. The Morgan fingerprint density at radius 1 is 1.24 bits per heavy atom. The van der Waals surface area contributed by atoms with E-state index < -0.39 is 0 Å². The third-order valence-electron chi connectivity index (χ3n) is 5.50. The molecule has 0 saturated carbocycles. The molecule has 2 heteroatoms. The van der Waals surface area contributed by atoms with Crippen LogP contribution in [0.4, 0.5) is 0 Å². The summed E-state index contributed by atoms with van der Waals surface area (Å²) < 4.78 is 5.61. The first-order chi connectivity index (χ1) is 10.2. The lowest BCUT2D eigenvalue weighted by atomic mass is 9.78. The Morgan fingerprint density at radius 2 is 2.14 bits per heavy atom. The van der Waals surface area contributed by atoms with E-state index in [1.165, 1.54) is 56.2 Å². The van der Waals surface area contributed by atoms with E-state index in [1.54, 1.807) is 0 Å². The quantitative estimate of drug-likeness (QED) is 0.899. The first kappa shape index (κ1) is 14.9. The van der Waals surface area contributed by atoms with Gasteiger partial charge in [0, 0.05) is 12.0 Å². The highest BCUT2D eigenvalue weighted by molar-refractivity contribution is 5.39. The van der Waals surface area contributed by atoms with Gasteiger partial charge in [-0.05, 0) is 55.3 Å². The van der Waals surface area contributed by atoms with Crippen LogP contribution in [0.1, 0.15) is 57.1 Å². The van der Waals surface area contributed by atoms with Gasteiger partial charge in [-0.15, -0.1) is 0 Å². The van der Waals surface area contributed by atoms with Crippen LogP contribution >= 0.6 is 0 Å². The van der Waals surface area contributed by atoms with Crippen LogP contribution in [-0.2, 0) is 12.8 Å². The molecule has 21 heavy (non-hydrogen) atoms. The number of benzene rings is 1. The van der Waals surface area contributed by atoms with Gasteiger partial charge >= 0.3 is 0 Å². The fourth-order valence-electron chi connectivity index (χ4n) is 3.93. The molecule has 1 saturated heterocycles. The highest BCUT2D eigenvalue weighted by Gasteiger charge is 2.33. The van der Waals surface area contributed by atoms with Gasteiger partial charge < -0.3 is 10.1 Å². The Morgan fingerprint density at radius 3 is 3.00 bits per heavy atom.